The van der Waals surface area contributed by atoms with Crippen LogP contribution in [0.4, 0.5) is 0 Å². The first-order valence-electron chi connectivity index (χ1n) is 6.35. The summed E-state index contributed by atoms with van der Waals surface area (Å²) in [6.07, 6.45) is 4.56. The van der Waals surface area contributed by atoms with Gasteiger partial charge in [0.05, 0.1) is 0 Å². The van der Waals surface area contributed by atoms with Crippen LogP contribution in [0.5, 0.6) is 0 Å². The SMILES string of the molecule is CC(C)(C)C(=O)C(=Cc1ccc(Cl)cc1Cl)n1cncn1. The predicted octanol–water partition coefficient (Wildman–Crippen LogP) is 4.20. The minimum atomic E-state index is -0.545. The first-order chi connectivity index (χ1) is 9.79. The molecule has 0 bridgehead atoms. The van der Waals surface area contributed by atoms with Crippen LogP contribution >= 0.6 is 23.2 Å². The average molecular weight is 324 g/mol. The van der Waals surface area contributed by atoms with Crippen LogP contribution in [0.25, 0.3) is 11.8 Å². The number of rotatable bonds is 3. The van der Waals surface area contributed by atoms with Crippen molar-refractivity contribution in [2.24, 2.45) is 5.41 Å². The second kappa shape index (κ2) is 6.00. The Morgan fingerprint density at radius 3 is 2.52 bits per heavy atom. The van der Waals surface area contributed by atoms with Crippen LogP contribution < -0.4 is 0 Å². The fourth-order valence-corrected chi connectivity index (χ4v) is 2.18. The normalized spacial score (nSPS) is 12.5. The van der Waals surface area contributed by atoms with Crippen molar-refractivity contribution in [3.8, 4) is 0 Å². The molecule has 110 valence electrons. The van der Waals surface area contributed by atoms with Gasteiger partial charge in [0, 0.05) is 15.5 Å². The average Bonchev–Trinajstić information content (AvgIpc) is 2.90. The zero-order chi connectivity index (χ0) is 15.6. The van der Waals surface area contributed by atoms with Gasteiger partial charge in [-0.25, -0.2) is 9.67 Å². The van der Waals surface area contributed by atoms with Gasteiger partial charge < -0.3 is 0 Å². The van der Waals surface area contributed by atoms with E-state index in [1.54, 1.807) is 24.3 Å². The number of halogens is 2. The summed E-state index contributed by atoms with van der Waals surface area (Å²) in [5.41, 5.74) is 0.560. The number of hydrogen-bond donors (Lipinski definition) is 0. The summed E-state index contributed by atoms with van der Waals surface area (Å²) < 4.78 is 1.44. The Labute approximate surface area is 133 Å². The maximum absolute atomic E-state index is 12.6. The molecule has 0 atom stereocenters. The lowest BCUT2D eigenvalue weighted by Gasteiger charge is -2.18. The summed E-state index contributed by atoms with van der Waals surface area (Å²) in [6, 6.07) is 5.12. The van der Waals surface area contributed by atoms with Crippen molar-refractivity contribution in [2.75, 3.05) is 0 Å². The fraction of sp³-hybridized carbons (Fsp3) is 0.267. The molecule has 0 fully saturated rings. The van der Waals surface area contributed by atoms with Gasteiger partial charge in [0.2, 0.25) is 0 Å². The molecule has 0 N–H and O–H groups in total. The Kier molecular flexibility index (Phi) is 4.49. The van der Waals surface area contributed by atoms with E-state index in [4.69, 9.17) is 23.2 Å². The maximum atomic E-state index is 12.6. The van der Waals surface area contributed by atoms with E-state index in [0.29, 0.717) is 21.3 Å². The second-order valence-corrected chi connectivity index (χ2v) is 6.46. The molecule has 0 aliphatic heterocycles. The monoisotopic (exact) mass is 323 g/mol. The van der Waals surface area contributed by atoms with E-state index < -0.39 is 5.41 Å². The molecule has 0 aliphatic carbocycles. The highest BCUT2D eigenvalue weighted by atomic mass is 35.5. The Morgan fingerprint density at radius 2 is 2.00 bits per heavy atom. The molecule has 6 heteroatoms. The highest BCUT2D eigenvalue weighted by Crippen LogP contribution is 2.27. The van der Waals surface area contributed by atoms with Gasteiger partial charge in [0.25, 0.3) is 0 Å². The first-order valence-corrected chi connectivity index (χ1v) is 7.11. The third-order valence-electron chi connectivity index (χ3n) is 2.83. The number of hydrogen-bond acceptors (Lipinski definition) is 3. The molecule has 4 nitrogen and oxygen atoms in total. The van der Waals surface area contributed by atoms with Crippen LogP contribution in [0.2, 0.25) is 10.0 Å². The van der Waals surface area contributed by atoms with Crippen molar-refractivity contribution < 1.29 is 4.79 Å². The van der Waals surface area contributed by atoms with E-state index in [1.165, 1.54) is 17.3 Å². The molecule has 0 spiro atoms. The maximum Gasteiger partial charge on any atom is 0.186 e. The minimum Gasteiger partial charge on any atom is -0.292 e. The van der Waals surface area contributed by atoms with Crippen LogP contribution in [-0.2, 0) is 4.79 Å². The molecule has 1 aromatic heterocycles. The van der Waals surface area contributed by atoms with Gasteiger partial charge in [-0.3, -0.25) is 4.79 Å². The van der Waals surface area contributed by atoms with Gasteiger partial charge in [0.15, 0.2) is 5.78 Å². The molecule has 0 radical (unpaired) electrons. The highest BCUT2D eigenvalue weighted by Gasteiger charge is 2.26. The van der Waals surface area contributed by atoms with Crippen molar-refractivity contribution in [1.29, 1.82) is 0 Å². The predicted molar refractivity (Wildman–Crippen MR) is 85.1 cm³/mol. The van der Waals surface area contributed by atoms with E-state index in [9.17, 15) is 4.79 Å². The number of allylic oxidation sites excluding steroid dienone is 1. The quantitative estimate of drug-likeness (QED) is 0.795. The van der Waals surface area contributed by atoms with Crippen LogP contribution in [-0.4, -0.2) is 20.5 Å². The van der Waals surface area contributed by atoms with Crippen molar-refractivity contribution in [3.05, 3.63) is 46.5 Å². The zero-order valence-corrected chi connectivity index (χ0v) is 13.5. The number of ketones is 1. The highest BCUT2D eigenvalue weighted by molar-refractivity contribution is 6.36. The number of carbonyl (C=O) groups is 1. The Morgan fingerprint density at radius 1 is 1.29 bits per heavy atom. The zero-order valence-electron chi connectivity index (χ0n) is 12.0. The summed E-state index contributed by atoms with van der Waals surface area (Å²) in [7, 11) is 0. The largest absolute Gasteiger partial charge is 0.292 e. The molecule has 0 unspecified atom stereocenters. The lowest BCUT2D eigenvalue weighted by atomic mass is 9.88. The molecule has 1 aromatic carbocycles. The number of nitrogens with zero attached hydrogens (tertiary/aromatic N) is 3. The molecular formula is C15H15Cl2N3O. The van der Waals surface area contributed by atoms with Crippen LogP contribution in [0.15, 0.2) is 30.9 Å². The Hall–Kier alpha value is -1.65. The standard InChI is InChI=1S/C15H15Cl2N3O/c1-15(2,3)14(21)13(20-9-18-8-19-20)6-10-4-5-11(16)7-12(10)17/h4-9H,1-3H3. The van der Waals surface area contributed by atoms with Gasteiger partial charge in [0.1, 0.15) is 18.4 Å². The molecule has 2 rings (SSSR count). The number of carbonyl (C=O) groups excluding carboxylic acids is 1. The lowest BCUT2D eigenvalue weighted by molar-refractivity contribution is -0.120. The smallest absolute Gasteiger partial charge is 0.186 e. The van der Waals surface area contributed by atoms with Crippen LogP contribution in [0.1, 0.15) is 26.3 Å². The van der Waals surface area contributed by atoms with Crippen molar-refractivity contribution in [3.63, 3.8) is 0 Å². The van der Waals surface area contributed by atoms with Gasteiger partial charge >= 0.3 is 0 Å². The van der Waals surface area contributed by atoms with Gasteiger partial charge in [-0.05, 0) is 23.8 Å². The number of Topliss-reactive ketones (excluding diaryl/α,β-unsaturated/α-hetero) is 1. The van der Waals surface area contributed by atoms with E-state index in [0.717, 1.165) is 0 Å². The van der Waals surface area contributed by atoms with Gasteiger partial charge in [-0.15, -0.1) is 0 Å². The van der Waals surface area contributed by atoms with Gasteiger partial charge in [-0.1, -0.05) is 50.0 Å². The number of benzene rings is 1. The molecule has 0 aliphatic rings. The van der Waals surface area contributed by atoms with Crippen LogP contribution in [0.3, 0.4) is 0 Å². The van der Waals surface area contributed by atoms with Crippen LogP contribution in [0, 0.1) is 5.41 Å². The summed E-state index contributed by atoms with van der Waals surface area (Å²) in [4.78, 5) is 16.5. The Balaban J connectivity index is 2.55. The topological polar surface area (TPSA) is 47.8 Å². The molecule has 2 aromatic rings. The number of aromatic nitrogens is 3. The lowest BCUT2D eigenvalue weighted by Crippen LogP contribution is -2.24. The third kappa shape index (κ3) is 3.71. The second-order valence-electron chi connectivity index (χ2n) is 5.61. The summed E-state index contributed by atoms with van der Waals surface area (Å²) in [6.45, 7) is 5.55. The van der Waals surface area contributed by atoms with Crippen molar-refractivity contribution in [1.82, 2.24) is 14.8 Å². The molecular weight excluding hydrogens is 309 g/mol. The third-order valence-corrected chi connectivity index (χ3v) is 3.40. The molecule has 0 saturated heterocycles. The summed E-state index contributed by atoms with van der Waals surface area (Å²) >= 11 is 12.1. The van der Waals surface area contributed by atoms with E-state index in [1.807, 2.05) is 20.8 Å². The van der Waals surface area contributed by atoms with Gasteiger partial charge in [-0.2, -0.15) is 5.10 Å². The van der Waals surface area contributed by atoms with E-state index >= 15 is 0 Å². The molecule has 0 amide bonds. The van der Waals surface area contributed by atoms with E-state index in [-0.39, 0.29) is 5.78 Å². The minimum absolute atomic E-state index is 0.0565. The molecule has 0 saturated carbocycles. The van der Waals surface area contributed by atoms with Crippen molar-refractivity contribution in [2.45, 2.75) is 20.8 Å². The first kappa shape index (κ1) is 15.7. The van der Waals surface area contributed by atoms with Crippen molar-refractivity contribution >= 4 is 40.8 Å². The van der Waals surface area contributed by atoms with E-state index in [2.05, 4.69) is 10.1 Å². The molecule has 1 heterocycles. The fourth-order valence-electron chi connectivity index (χ4n) is 1.72. The summed E-state index contributed by atoms with van der Waals surface area (Å²) in [5.74, 6) is -0.0565. The molecule has 21 heavy (non-hydrogen) atoms. The summed E-state index contributed by atoms with van der Waals surface area (Å²) in [5, 5.41) is 5.06. The Bertz CT molecular complexity index is 685.